The highest BCUT2D eigenvalue weighted by molar-refractivity contribution is 7.19. The molecule has 0 amide bonds. The third kappa shape index (κ3) is 4.65. The molecule has 0 saturated carbocycles. The lowest BCUT2D eigenvalue weighted by Gasteiger charge is -2.35. The van der Waals surface area contributed by atoms with Gasteiger partial charge in [-0.1, -0.05) is 146 Å². The maximum Gasteiger partial charge on any atom is 0.179 e. The molecule has 4 aromatic heterocycles. The Balaban J connectivity index is 1.13. The van der Waals surface area contributed by atoms with E-state index in [4.69, 9.17) is 4.42 Å². The Bertz CT molecular complexity index is 3420. The zero-order valence-corrected chi connectivity index (χ0v) is 32.5. The summed E-state index contributed by atoms with van der Waals surface area (Å²) in [5.41, 5.74) is 8.60. The topological polar surface area (TPSA) is 35.9 Å². The Morgan fingerprint density at radius 3 is 1.69 bits per heavy atom. The summed E-state index contributed by atoms with van der Waals surface area (Å²) < 4.78 is 11.5. The molecule has 0 radical (unpaired) electrons. The van der Waals surface area contributed by atoms with Crippen LogP contribution in [0.3, 0.4) is 0 Å². The summed E-state index contributed by atoms with van der Waals surface area (Å²) in [6.07, 6.45) is 3.87. The van der Waals surface area contributed by atoms with Crippen molar-refractivity contribution in [1.29, 1.82) is 0 Å². The van der Waals surface area contributed by atoms with Crippen molar-refractivity contribution in [2.45, 2.75) is 0 Å². The first kappa shape index (κ1) is 32.7. The van der Waals surface area contributed by atoms with Crippen LogP contribution in [-0.4, -0.2) is 22.2 Å². The first-order valence-electron chi connectivity index (χ1n) is 19.8. The van der Waals surface area contributed by atoms with Crippen molar-refractivity contribution in [3.8, 4) is 11.4 Å². The third-order valence-corrected chi connectivity index (χ3v) is 16.9. The molecule has 0 N–H and O–H groups in total. The molecule has 58 heavy (non-hydrogen) atoms. The van der Waals surface area contributed by atoms with E-state index in [1.807, 2.05) is 18.5 Å². The SMILES string of the molecule is c1ccc([Si](c2ccccc2)(c2ccc(-n3c4ccccc4c4cnccc43)cc2)c2cccc(-n3c4ccccc4c4ccc5c6ccccc6oc5c43)c2)cc1. The second-order valence-electron chi connectivity index (χ2n) is 15.1. The number of rotatable bonds is 6. The number of nitrogens with zero attached hydrogens (tertiary/aromatic N) is 3. The number of aromatic nitrogens is 3. The van der Waals surface area contributed by atoms with E-state index in [1.54, 1.807) is 0 Å². The maximum atomic E-state index is 6.74. The molecule has 0 fully saturated rings. The molecule has 0 unspecified atom stereocenters. The zero-order valence-electron chi connectivity index (χ0n) is 31.5. The van der Waals surface area contributed by atoms with Crippen LogP contribution in [0.1, 0.15) is 0 Å². The fourth-order valence-corrected chi connectivity index (χ4v) is 14.5. The Morgan fingerprint density at radius 2 is 0.948 bits per heavy atom. The molecule has 8 aromatic carbocycles. The average molecular weight is 758 g/mol. The molecule has 0 atom stereocenters. The van der Waals surface area contributed by atoms with E-state index in [0.717, 1.165) is 55.2 Å². The maximum absolute atomic E-state index is 6.74. The van der Waals surface area contributed by atoms with Gasteiger partial charge in [0.1, 0.15) is 5.58 Å². The van der Waals surface area contributed by atoms with Gasteiger partial charge in [0.25, 0.3) is 0 Å². The van der Waals surface area contributed by atoms with Gasteiger partial charge >= 0.3 is 0 Å². The Morgan fingerprint density at radius 1 is 0.379 bits per heavy atom. The molecule has 0 aliphatic carbocycles. The lowest BCUT2D eigenvalue weighted by atomic mass is 10.1. The highest BCUT2D eigenvalue weighted by atomic mass is 28.3. The van der Waals surface area contributed by atoms with Crippen molar-refractivity contribution < 1.29 is 4.42 Å². The molecule has 4 nitrogen and oxygen atoms in total. The molecule has 0 aliphatic rings. The van der Waals surface area contributed by atoms with Gasteiger partial charge in [0.05, 0.1) is 22.1 Å². The molecule has 0 spiro atoms. The second-order valence-corrected chi connectivity index (χ2v) is 18.9. The van der Waals surface area contributed by atoms with Crippen molar-refractivity contribution >= 4 is 94.4 Å². The van der Waals surface area contributed by atoms with Gasteiger partial charge in [0.15, 0.2) is 13.7 Å². The smallest absolute Gasteiger partial charge is 0.179 e. The molecular weight excluding hydrogens is 723 g/mol. The summed E-state index contributed by atoms with van der Waals surface area (Å²) in [6, 6.07) is 73.4. The van der Waals surface area contributed by atoms with E-state index >= 15 is 0 Å². The van der Waals surface area contributed by atoms with E-state index in [9.17, 15) is 0 Å². The molecule has 12 aromatic rings. The molecule has 272 valence electrons. The van der Waals surface area contributed by atoms with Gasteiger partial charge in [-0.05, 0) is 75.3 Å². The van der Waals surface area contributed by atoms with E-state index in [1.165, 1.54) is 42.4 Å². The Labute approximate surface area is 335 Å². The average Bonchev–Trinajstić information content (AvgIpc) is 3.96. The van der Waals surface area contributed by atoms with Crippen LogP contribution in [0.25, 0.3) is 76.9 Å². The van der Waals surface area contributed by atoms with Crippen LogP contribution in [0.4, 0.5) is 0 Å². The summed E-state index contributed by atoms with van der Waals surface area (Å²) in [7, 11) is -2.93. The predicted octanol–water partition coefficient (Wildman–Crippen LogP) is 10.6. The standard InChI is InChI=1S/C53H35N3OSi/c1-3-15-38(16-4-1)58(39-17-5-2-6-18-39,40-28-26-36(27-29-40)55-48-23-10-8-21-43(48)47-35-54-33-32-50(47)55)41-19-13-14-37(34-41)56-49-24-11-7-20-42(49)45-30-31-46-44-22-9-12-25-51(44)57-53(46)52(45)56/h1-35H. The quantitative estimate of drug-likeness (QED) is 0.125. The number of pyridine rings is 1. The van der Waals surface area contributed by atoms with Crippen molar-refractivity contribution in [1.82, 2.24) is 14.1 Å². The van der Waals surface area contributed by atoms with Gasteiger partial charge in [-0.2, -0.15) is 0 Å². The molecule has 0 bridgehead atoms. The second kappa shape index (κ2) is 12.8. The lowest BCUT2D eigenvalue weighted by Crippen LogP contribution is -2.74. The molecule has 0 aliphatic heterocycles. The van der Waals surface area contributed by atoms with Crippen molar-refractivity contribution in [2.75, 3.05) is 0 Å². The highest BCUT2D eigenvalue weighted by Crippen LogP contribution is 2.40. The number of benzene rings is 8. The molecule has 4 heterocycles. The van der Waals surface area contributed by atoms with Crippen LogP contribution in [0, 0.1) is 0 Å². The first-order chi connectivity index (χ1) is 28.8. The van der Waals surface area contributed by atoms with Gasteiger partial charge in [-0.3, -0.25) is 4.98 Å². The van der Waals surface area contributed by atoms with Crippen LogP contribution in [0.5, 0.6) is 0 Å². The molecule has 12 rings (SSSR count). The van der Waals surface area contributed by atoms with Gasteiger partial charge in [0, 0.05) is 56.1 Å². The minimum absolute atomic E-state index is 0.899. The molecule has 0 saturated heterocycles. The summed E-state index contributed by atoms with van der Waals surface area (Å²) >= 11 is 0. The Hall–Kier alpha value is -7.47. The van der Waals surface area contributed by atoms with Gasteiger partial charge in [-0.25, -0.2) is 0 Å². The van der Waals surface area contributed by atoms with Crippen molar-refractivity contribution in [3.05, 3.63) is 213 Å². The number of fused-ring (bicyclic) bond motifs is 10. The fraction of sp³-hybridized carbons (Fsp3) is 0. The van der Waals surface area contributed by atoms with Gasteiger partial charge < -0.3 is 13.6 Å². The van der Waals surface area contributed by atoms with E-state index in [-0.39, 0.29) is 0 Å². The van der Waals surface area contributed by atoms with Gasteiger partial charge in [-0.15, -0.1) is 0 Å². The summed E-state index contributed by atoms with van der Waals surface area (Å²) in [5, 5.41) is 12.3. The predicted molar refractivity (Wildman–Crippen MR) is 244 cm³/mol. The van der Waals surface area contributed by atoms with Crippen molar-refractivity contribution in [3.63, 3.8) is 0 Å². The summed E-state index contributed by atoms with van der Waals surface area (Å²) in [4.78, 5) is 4.49. The molecule has 5 heteroatoms. The van der Waals surface area contributed by atoms with Crippen molar-refractivity contribution in [2.24, 2.45) is 0 Å². The minimum Gasteiger partial charge on any atom is -0.454 e. The lowest BCUT2D eigenvalue weighted by molar-refractivity contribution is 0.671. The number of furan rings is 1. The monoisotopic (exact) mass is 757 g/mol. The van der Waals surface area contributed by atoms with E-state index in [2.05, 4.69) is 208 Å². The number of hydrogen-bond acceptors (Lipinski definition) is 2. The summed E-state index contributed by atoms with van der Waals surface area (Å²) in [5.74, 6) is 0. The van der Waals surface area contributed by atoms with Crippen LogP contribution >= 0.6 is 0 Å². The zero-order chi connectivity index (χ0) is 38.2. The van der Waals surface area contributed by atoms with Crippen LogP contribution < -0.4 is 20.7 Å². The van der Waals surface area contributed by atoms with Crippen LogP contribution in [-0.2, 0) is 0 Å². The normalized spacial score (nSPS) is 12.1. The van der Waals surface area contributed by atoms with E-state index in [0.29, 0.717) is 0 Å². The first-order valence-corrected chi connectivity index (χ1v) is 21.8. The largest absolute Gasteiger partial charge is 0.454 e. The fourth-order valence-electron chi connectivity index (χ4n) is 9.71. The molecular formula is C53H35N3OSi. The van der Waals surface area contributed by atoms with Crippen LogP contribution in [0.15, 0.2) is 217 Å². The number of hydrogen-bond donors (Lipinski definition) is 0. The third-order valence-electron chi connectivity index (χ3n) is 12.2. The number of para-hydroxylation sites is 3. The minimum atomic E-state index is -2.93. The Kier molecular flexibility index (Phi) is 7.21. The van der Waals surface area contributed by atoms with Crippen LogP contribution in [0.2, 0.25) is 0 Å². The van der Waals surface area contributed by atoms with Gasteiger partial charge in [0.2, 0.25) is 0 Å². The highest BCUT2D eigenvalue weighted by Gasteiger charge is 2.41. The summed E-state index contributed by atoms with van der Waals surface area (Å²) in [6.45, 7) is 0. The van der Waals surface area contributed by atoms with E-state index < -0.39 is 8.07 Å².